The van der Waals surface area contributed by atoms with Crippen LogP contribution < -0.4 is 15.2 Å². The first-order chi connectivity index (χ1) is 16.4. The zero-order valence-corrected chi connectivity index (χ0v) is 20.2. The van der Waals surface area contributed by atoms with Gasteiger partial charge in [0.1, 0.15) is 0 Å². The van der Waals surface area contributed by atoms with Crippen LogP contribution in [0.15, 0.2) is 36.4 Å². The summed E-state index contributed by atoms with van der Waals surface area (Å²) in [5, 5.41) is 1.05. The smallest absolute Gasteiger partial charge is 0.253 e. The van der Waals surface area contributed by atoms with E-state index in [9.17, 15) is 4.79 Å². The zero-order chi connectivity index (χ0) is 24.0. The third kappa shape index (κ3) is 3.58. The number of nitrogens with zero attached hydrogens (tertiary/aromatic N) is 4. The van der Waals surface area contributed by atoms with Gasteiger partial charge in [0.25, 0.3) is 5.91 Å². The number of amides is 1. The molecule has 34 heavy (non-hydrogen) atoms. The number of methoxy groups -OCH3 is 2. The van der Waals surface area contributed by atoms with Gasteiger partial charge in [0.05, 0.1) is 36.5 Å². The Morgan fingerprint density at radius 3 is 2.59 bits per heavy atom. The molecular formula is C26H31N5O3. The van der Waals surface area contributed by atoms with Crippen molar-refractivity contribution < 1.29 is 14.3 Å². The summed E-state index contributed by atoms with van der Waals surface area (Å²) in [4.78, 5) is 19.9. The van der Waals surface area contributed by atoms with Crippen molar-refractivity contribution in [3.05, 3.63) is 42.0 Å². The van der Waals surface area contributed by atoms with Crippen molar-refractivity contribution in [2.75, 3.05) is 27.3 Å². The van der Waals surface area contributed by atoms with E-state index in [2.05, 4.69) is 22.1 Å². The number of rotatable bonds is 5. The van der Waals surface area contributed by atoms with E-state index in [1.807, 2.05) is 42.3 Å². The molecule has 1 aliphatic heterocycles. The minimum Gasteiger partial charge on any atom is -0.493 e. The Labute approximate surface area is 198 Å². The number of piperidine rings is 1. The van der Waals surface area contributed by atoms with Crippen molar-refractivity contribution in [3.8, 4) is 23.0 Å². The van der Waals surface area contributed by atoms with Crippen LogP contribution in [0.3, 0.4) is 0 Å². The Kier molecular flexibility index (Phi) is 5.69. The van der Waals surface area contributed by atoms with Gasteiger partial charge >= 0.3 is 0 Å². The van der Waals surface area contributed by atoms with Crippen molar-refractivity contribution in [2.24, 2.45) is 12.8 Å². The maximum atomic E-state index is 13.1. The summed E-state index contributed by atoms with van der Waals surface area (Å²) in [6.07, 6.45) is 1.91. The summed E-state index contributed by atoms with van der Waals surface area (Å²) < 4.78 is 15.3. The lowest BCUT2D eigenvalue weighted by molar-refractivity contribution is 0.0709. The lowest BCUT2D eigenvalue weighted by Crippen LogP contribution is -2.45. The fourth-order valence-electron chi connectivity index (χ4n) is 5.05. The topological polar surface area (TPSA) is 87.5 Å². The normalized spacial score (nSPS) is 16.4. The molecule has 8 nitrogen and oxygen atoms in total. The van der Waals surface area contributed by atoms with Gasteiger partial charge in [-0.05, 0) is 50.1 Å². The second-order valence-corrected chi connectivity index (χ2v) is 8.89. The standard InChI is InChI=1S/C26H31N5O3/c1-5-31-21-14-24(34-4)23(33-3)13-17(21)12-22(31)25-28-19-11-16(8-9-20(19)29(25)2)26(32)30-10-6-7-18(27)15-30/h8-9,11-14,18H,5-7,10,15,27H2,1-4H3. The van der Waals surface area contributed by atoms with Gasteiger partial charge in [-0.25, -0.2) is 4.98 Å². The maximum absolute atomic E-state index is 13.1. The molecule has 1 saturated heterocycles. The fourth-order valence-corrected chi connectivity index (χ4v) is 5.05. The first kappa shape index (κ1) is 22.3. The van der Waals surface area contributed by atoms with Crippen LogP contribution >= 0.6 is 0 Å². The minimum absolute atomic E-state index is 0.0196. The average Bonchev–Trinajstić information content (AvgIpc) is 3.38. The fraction of sp³-hybridized carbons (Fsp3) is 0.385. The quantitative estimate of drug-likeness (QED) is 0.489. The number of likely N-dealkylation sites (tertiary alicyclic amines) is 1. The van der Waals surface area contributed by atoms with Gasteiger partial charge in [-0.15, -0.1) is 0 Å². The van der Waals surface area contributed by atoms with Gasteiger partial charge in [-0.3, -0.25) is 4.79 Å². The summed E-state index contributed by atoms with van der Waals surface area (Å²) in [5.41, 5.74) is 10.6. The molecule has 3 heterocycles. The van der Waals surface area contributed by atoms with Crippen molar-refractivity contribution in [3.63, 3.8) is 0 Å². The van der Waals surface area contributed by atoms with Crippen LogP contribution in [-0.2, 0) is 13.6 Å². The summed E-state index contributed by atoms with van der Waals surface area (Å²) in [6.45, 7) is 4.24. The van der Waals surface area contributed by atoms with Crippen LogP contribution in [0.5, 0.6) is 11.5 Å². The molecule has 1 aliphatic rings. The van der Waals surface area contributed by atoms with Crippen LogP contribution in [0.25, 0.3) is 33.5 Å². The number of hydrogen-bond acceptors (Lipinski definition) is 5. The van der Waals surface area contributed by atoms with E-state index in [0.717, 1.165) is 59.4 Å². The summed E-state index contributed by atoms with van der Waals surface area (Å²) in [7, 11) is 5.30. The molecule has 4 aromatic rings. The van der Waals surface area contributed by atoms with Crippen LogP contribution in [0.1, 0.15) is 30.1 Å². The molecule has 1 fully saturated rings. The summed E-state index contributed by atoms with van der Waals surface area (Å²) in [5.74, 6) is 2.25. The molecule has 2 aromatic carbocycles. The van der Waals surface area contributed by atoms with Crippen LogP contribution in [0.4, 0.5) is 0 Å². The van der Waals surface area contributed by atoms with Crippen LogP contribution in [0, 0.1) is 0 Å². The van der Waals surface area contributed by atoms with Crippen molar-refractivity contribution in [1.82, 2.24) is 19.0 Å². The SMILES string of the molecule is CCn1c(-c2nc3cc(C(=O)N4CCCC(N)C4)ccc3n2C)cc2cc(OC)c(OC)cc21. The number of carbonyl (C=O) groups is 1. The monoisotopic (exact) mass is 461 g/mol. The molecule has 5 rings (SSSR count). The Morgan fingerprint density at radius 2 is 1.88 bits per heavy atom. The van der Waals surface area contributed by atoms with E-state index in [1.54, 1.807) is 14.2 Å². The number of benzene rings is 2. The number of hydrogen-bond donors (Lipinski definition) is 1. The maximum Gasteiger partial charge on any atom is 0.253 e. The predicted octanol–water partition coefficient (Wildman–Crippen LogP) is 3.80. The van der Waals surface area contributed by atoms with E-state index in [4.69, 9.17) is 20.2 Å². The third-order valence-corrected chi connectivity index (χ3v) is 6.82. The van der Waals surface area contributed by atoms with Crippen molar-refractivity contribution >= 4 is 27.8 Å². The lowest BCUT2D eigenvalue weighted by atomic mass is 10.1. The molecule has 8 heteroatoms. The number of fused-ring (bicyclic) bond motifs is 2. The van der Waals surface area contributed by atoms with Gasteiger partial charge in [-0.1, -0.05) is 0 Å². The number of aryl methyl sites for hydroxylation is 2. The van der Waals surface area contributed by atoms with Gasteiger partial charge in [-0.2, -0.15) is 0 Å². The first-order valence-electron chi connectivity index (χ1n) is 11.7. The molecule has 1 amide bonds. The molecule has 1 atom stereocenters. The largest absolute Gasteiger partial charge is 0.493 e. The van der Waals surface area contributed by atoms with Crippen molar-refractivity contribution in [1.29, 1.82) is 0 Å². The molecule has 0 radical (unpaired) electrons. The van der Waals surface area contributed by atoms with Crippen LogP contribution in [0.2, 0.25) is 0 Å². The van der Waals surface area contributed by atoms with E-state index in [1.165, 1.54) is 0 Å². The van der Waals surface area contributed by atoms with Gasteiger partial charge in [0, 0.05) is 49.7 Å². The van der Waals surface area contributed by atoms with E-state index < -0.39 is 0 Å². The number of aromatic nitrogens is 3. The Morgan fingerprint density at radius 1 is 1.12 bits per heavy atom. The molecule has 1 unspecified atom stereocenters. The molecule has 0 spiro atoms. The third-order valence-electron chi connectivity index (χ3n) is 6.82. The molecule has 2 N–H and O–H groups in total. The Bertz CT molecular complexity index is 1390. The number of carbonyl (C=O) groups excluding carboxylic acids is 1. The van der Waals surface area contributed by atoms with Crippen LogP contribution in [-0.4, -0.2) is 58.3 Å². The molecule has 178 valence electrons. The second-order valence-electron chi connectivity index (χ2n) is 8.89. The van der Waals surface area contributed by atoms with Crippen molar-refractivity contribution in [2.45, 2.75) is 32.4 Å². The van der Waals surface area contributed by atoms with Gasteiger partial charge in [0.15, 0.2) is 17.3 Å². The molecular weight excluding hydrogens is 430 g/mol. The van der Waals surface area contributed by atoms with E-state index in [0.29, 0.717) is 23.6 Å². The summed E-state index contributed by atoms with van der Waals surface area (Å²) in [6, 6.07) is 11.9. The molecule has 0 bridgehead atoms. The summed E-state index contributed by atoms with van der Waals surface area (Å²) >= 11 is 0. The van der Waals surface area contributed by atoms with E-state index in [-0.39, 0.29) is 11.9 Å². The van der Waals surface area contributed by atoms with E-state index >= 15 is 0 Å². The number of nitrogens with two attached hydrogens (primary N) is 1. The highest BCUT2D eigenvalue weighted by molar-refractivity contribution is 5.98. The highest BCUT2D eigenvalue weighted by atomic mass is 16.5. The molecule has 2 aromatic heterocycles. The molecule has 0 aliphatic carbocycles. The minimum atomic E-state index is 0.0196. The predicted molar refractivity (Wildman–Crippen MR) is 134 cm³/mol. The van der Waals surface area contributed by atoms with Gasteiger partial charge in [0.2, 0.25) is 0 Å². The van der Waals surface area contributed by atoms with Gasteiger partial charge < -0.3 is 29.2 Å². The highest BCUT2D eigenvalue weighted by Gasteiger charge is 2.24. The number of ether oxygens (including phenoxy) is 2. The lowest BCUT2D eigenvalue weighted by Gasteiger charge is -2.30. The highest BCUT2D eigenvalue weighted by Crippen LogP contribution is 2.37. The molecule has 0 saturated carbocycles. The first-order valence-corrected chi connectivity index (χ1v) is 11.7. The number of imidazole rings is 1. The Balaban J connectivity index is 1.59. The zero-order valence-electron chi connectivity index (χ0n) is 20.2. The average molecular weight is 462 g/mol. The second kappa shape index (κ2) is 8.68. The Hall–Kier alpha value is -3.52.